The molecule has 8 nitrogen and oxygen atoms in total. The molecular weight excluding hydrogens is 442 g/mol. The highest BCUT2D eigenvalue weighted by atomic mass is 32.2. The van der Waals surface area contributed by atoms with Crippen molar-refractivity contribution in [1.29, 1.82) is 0 Å². The second-order valence-corrected chi connectivity index (χ2v) is 9.15. The van der Waals surface area contributed by atoms with Gasteiger partial charge in [-0.15, -0.1) is 0 Å². The molecule has 0 spiro atoms. The van der Waals surface area contributed by atoms with Gasteiger partial charge in [0.25, 0.3) is 15.9 Å². The van der Waals surface area contributed by atoms with Gasteiger partial charge in [0.1, 0.15) is 5.75 Å². The normalized spacial score (nSPS) is 13.4. The van der Waals surface area contributed by atoms with Gasteiger partial charge in [-0.2, -0.15) is 0 Å². The van der Waals surface area contributed by atoms with Crippen molar-refractivity contribution in [2.45, 2.75) is 17.7 Å². The predicted octanol–water partition coefficient (Wildman–Crippen LogP) is 3.29. The molecular formula is C24H27N3O5S. The molecule has 1 fully saturated rings. The van der Waals surface area contributed by atoms with Crippen molar-refractivity contribution < 1.29 is 23.2 Å². The van der Waals surface area contributed by atoms with Crippen LogP contribution in [0.1, 0.15) is 18.4 Å². The fourth-order valence-electron chi connectivity index (χ4n) is 3.22. The number of nitrogens with zero attached hydrogens (tertiary/aromatic N) is 1. The number of nitrogens with one attached hydrogen (secondary N) is 2. The van der Waals surface area contributed by atoms with Crippen LogP contribution >= 0.6 is 0 Å². The summed E-state index contributed by atoms with van der Waals surface area (Å²) in [5, 5.41) is 11.7. The molecule has 1 amide bonds. The molecule has 3 N–H and O–H groups in total. The van der Waals surface area contributed by atoms with Gasteiger partial charge < -0.3 is 10.1 Å². The number of methoxy groups -OCH3 is 1. The molecule has 2 aromatic carbocycles. The molecule has 0 aliphatic carbocycles. The summed E-state index contributed by atoms with van der Waals surface area (Å²) in [6.07, 6.45) is 8.05. The van der Waals surface area contributed by atoms with Crippen LogP contribution in [0.2, 0.25) is 0 Å². The molecule has 33 heavy (non-hydrogen) atoms. The Morgan fingerprint density at radius 1 is 1.09 bits per heavy atom. The summed E-state index contributed by atoms with van der Waals surface area (Å²) in [6, 6.07) is 15.5. The molecule has 1 aliphatic heterocycles. The summed E-state index contributed by atoms with van der Waals surface area (Å²) < 4.78 is 32.1. The molecule has 0 saturated carbocycles. The third-order valence-electron chi connectivity index (χ3n) is 5.02. The SMILES string of the molecule is C1CCNC1.COc1ccc(-c2cccc(S(=O)(=O)n3ccc(C=CC(=O)NO)c3)c2)cc1. The van der Waals surface area contributed by atoms with Crippen LogP contribution in [0.5, 0.6) is 5.75 Å². The lowest BCUT2D eigenvalue weighted by atomic mass is 10.1. The highest BCUT2D eigenvalue weighted by molar-refractivity contribution is 7.90. The molecule has 0 atom stereocenters. The summed E-state index contributed by atoms with van der Waals surface area (Å²) in [4.78, 5) is 11.2. The van der Waals surface area contributed by atoms with E-state index in [1.54, 1.807) is 25.3 Å². The van der Waals surface area contributed by atoms with Crippen molar-refractivity contribution in [1.82, 2.24) is 14.8 Å². The summed E-state index contributed by atoms with van der Waals surface area (Å²) >= 11 is 0. The number of hydrogen-bond donors (Lipinski definition) is 3. The maximum atomic E-state index is 12.9. The lowest BCUT2D eigenvalue weighted by Crippen LogP contribution is -2.14. The largest absolute Gasteiger partial charge is 0.497 e. The number of carbonyl (C=O) groups excluding carboxylic acids is 1. The minimum atomic E-state index is -3.80. The van der Waals surface area contributed by atoms with Crippen molar-refractivity contribution in [3.63, 3.8) is 0 Å². The number of carbonyl (C=O) groups is 1. The number of benzene rings is 2. The number of rotatable bonds is 6. The van der Waals surface area contributed by atoms with Crippen LogP contribution in [-0.2, 0) is 14.8 Å². The Labute approximate surface area is 193 Å². The zero-order chi connectivity index (χ0) is 23.7. The molecule has 0 bridgehead atoms. The van der Waals surface area contributed by atoms with Gasteiger partial charge in [-0.25, -0.2) is 17.9 Å². The molecule has 4 rings (SSSR count). The van der Waals surface area contributed by atoms with Gasteiger partial charge in [0.2, 0.25) is 0 Å². The van der Waals surface area contributed by atoms with Crippen molar-refractivity contribution in [2.24, 2.45) is 0 Å². The first kappa shape index (κ1) is 24.2. The van der Waals surface area contributed by atoms with Crippen LogP contribution in [0.15, 0.2) is 78.0 Å². The highest BCUT2D eigenvalue weighted by Gasteiger charge is 2.17. The first-order valence-corrected chi connectivity index (χ1v) is 11.9. The Morgan fingerprint density at radius 3 is 2.42 bits per heavy atom. The van der Waals surface area contributed by atoms with Crippen LogP contribution < -0.4 is 15.5 Å². The number of ether oxygens (including phenoxy) is 1. The van der Waals surface area contributed by atoms with Crippen molar-refractivity contribution in [3.05, 3.63) is 78.6 Å². The van der Waals surface area contributed by atoms with Gasteiger partial charge in [0.05, 0.1) is 12.0 Å². The zero-order valence-electron chi connectivity index (χ0n) is 18.3. The fraction of sp³-hybridized carbons (Fsp3) is 0.208. The summed E-state index contributed by atoms with van der Waals surface area (Å²) in [6.45, 7) is 2.50. The average Bonchev–Trinajstić information content (AvgIpc) is 3.58. The Bertz CT molecular complexity index is 1190. The van der Waals surface area contributed by atoms with Gasteiger partial charge in [-0.05, 0) is 79.0 Å². The lowest BCUT2D eigenvalue weighted by Gasteiger charge is -2.08. The minimum Gasteiger partial charge on any atom is -0.497 e. The Balaban J connectivity index is 0.000000541. The van der Waals surface area contributed by atoms with Crippen LogP contribution in [0.25, 0.3) is 17.2 Å². The first-order valence-electron chi connectivity index (χ1n) is 10.4. The van der Waals surface area contributed by atoms with Gasteiger partial charge in [-0.3, -0.25) is 10.0 Å². The quantitative estimate of drug-likeness (QED) is 0.290. The molecule has 3 aromatic rings. The van der Waals surface area contributed by atoms with E-state index in [0.717, 1.165) is 26.9 Å². The van der Waals surface area contributed by atoms with Crippen LogP contribution in [-0.4, -0.2) is 43.7 Å². The van der Waals surface area contributed by atoms with Crippen LogP contribution in [0, 0.1) is 0 Å². The monoisotopic (exact) mass is 469 g/mol. The maximum absolute atomic E-state index is 12.9. The van der Waals surface area contributed by atoms with Crippen molar-refractivity contribution in [3.8, 4) is 16.9 Å². The molecule has 1 aliphatic rings. The standard InChI is InChI=1S/C20H18N2O5S.C4H9N/c1-27-18-8-6-16(7-9-18)17-3-2-4-19(13-17)28(25,26)22-12-11-15(14-22)5-10-20(23)21-24;1-2-4-5-3-1/h2-14,24H,1H3,(H,21,23);5H,1-4H2. The van der Waals surface area contributed by atoms with E-state index in [4.69, 9.17) is 9.94 Å². The zero-order valence-corrected chi connectivity index (χ0v) is 19.1. The molecule has 174 valence electrons. The van der Waals surface area contributed by atoms with Crippen LogP contribution in [0.3, 0.4) is 0 Å². The Kier molecular flexibility index (Phi) is 8.42. The summed E-state index contributed by atoms with van der Waals surface area (Å²) in [5.41, 5.74) is 3.59. The minimum absolute atomic E-state index is 0.139. The predicted molar refractivity (Wildman–Crippen MR) is 127 cm³/mol. The number of hydroxylamine groups is 1. The fourth-order valence-corrected chi connectivity index (χ4v) is 4.47. The molecule has 9 heteroatoms. The van der Waals surface area contributed by atoms with E-state index < -0.39 is 15.9 Å². The average molecular weight is 470 g/mol. The maximum Gasteiger partial charge on any atom is 0.267 e. The van der Waals surface area contributed by atoms with E-state index in [1.165, 1.54) is 55.9 Å². The summed E-state index contributed by atoms with van der Waals surface area (Å²) in [7, 11) is -2.22. The number of amides is 1. The third-order valence-corrected chi connectivity index (χ3v) is 6.65. The van der Waals surface area contributed by atoms with E-state index in [1.807, 2.05) is 30.3 Å². The smallest absolute Gasteiger partial charge is 0.267 e. The lowest BCUT2D eigenvalue weighted by molar-refractivity contribution is -0.124. The van der Waals surface area contributed by atoms with E-state index in [-0.39, 0.29) is 4.90 Å². The van der Waals surface area contributed by atoms with E-state index in [0.29, 0.717) is 5.56 Å². The summed E-state index contributed by atoms with van der Waals surface area (Å²) in [5.74, 6) is 0.0122. The van der Waals surface area contributed by atoms with E-state index >= 15 is 0 Å². The van der Waals surface area contributed by atoms with Gasteiger partial charge in [-0.1, -0.05) is 24.3 Å². The van der Waals surface area contributed by atoms with Gasteiger partial charge in [0.15, 0.2) is 0 Å². The van der Waals surface area contributed by atoms with Gasteiger partial charge >= 0.3 is 0 Å². The van der Waals surface area contributed by atoms with Crippen LogP contribution in [0.4, 0.5) is 0 Å². The van der Waals surface area contributed by atoms with Crippen molar-refractivity contribution >= 4 is 22.0 Å². The number of aromatic nitrogens is 1. The molecule has 1 saturated heterocycles. The van der Waals surface area contributed by atoms with Gasteiger partial charge in [0, 0.05) is 18.5 Å². The Hall–Kier alpha value is -3.40. The second-order valence-electron chi connectivity index (χ2n) is 7.30. The molecule has 2 heterocycles. The second kappa shape index (κ2) is 11.5. The van der Waals surface area contributed by atoms with Crippen molar-refractivity contribution in [2.75, 3.05) is 20.2 Å². The highest BCUT2D eigenvalue weighted by Crippen LogP contribution is 2.26. The topological polar surface area (TPSA) is 110 Å². The molecule has 0 radical (unpaired) electrons. The van der Waals surface area contributed by atoms with E-state index in [9.17, 15) is 13.2 Å². The first-order chi connectivity index (χ1) is 15.9. The van der Waals surface area contributed by atoms with E-state index in [2.05, 4.69) is 5.32 Å². The third kappa shape index (κ3) is 6.55. The number of hydrogen-bond acceptors (Lipinski definition) is 6. The molecule has 0 unspecified atom stereocenters. The Morgan fingerprint density at radius 2 is 1.82 bits per heavy atom. The molecule has 1 aromatic heterocycles.